The van der Waals surface area contributed by atoms with Crippen molar-refractivity contribution < 1.29 is 9.13 Å². The molecular weight excluding hydrogens is 243 g/mol. The monoisotopic (exact) mass is 262 g/mol. The molecule has 102 valence electrons. The zero-order valence-electron chi connectivity index (χ0n) is 11.2. The number of hydrogen-bond donors (Lipinski definition) is 1. The molecule has 4 heteroatoms. The van der Waals surface area contributed by atoms with Gasteiger partial charge in [-0.25, -0.2) is 4.39 Å². The summed E-state index contributed by atoms with van der Waals surface area (Å²) < 4.78 is 18.4. The fourth-order valence-electron chi connectivity index (χ4n) is 2.30. The van der Waals surface area contributed by atoms with E-state index in [1.807, 2.05) is 6.07 Å². The molecule has 0 amide bonds. The van der Waals surface area contributed by atoms with Gasteiger partial charge in [-0.05, 0) is 48.4 Å². The van der Waals surface area contributed by atoms with E-state index < -0.39 is 0 Å². The molecule has 0 spiro atoms. The molecule has 1 saturated carbocycles. The van der Waals surface area contributed by atoms with Crippen molar-refractivity contribution in [3.8, 4) is 6.07 Å². The van der Waals surface area contributed by atoms with Crippen molar-refractivity contribution in [2.45, 2.75) is 25.8 Å². The molecule has 0 bridgehead atoms. The third kappa shape index (κ3) is 4.02. The Hall–Kier alpha value is -1.44. The first-order valence-corrected chi connectivity index (χ1v) is 6.57. The molecule has 1 aliphatic rings. The van der Waals surface area contributed by atoms with E-state index in [1.54, 1.807) is 13.2 Å². The summed E-state index contributed by atoms with van der Waals surface area (Å²) in [6, 6.07) is 6.43. The van der Waals surface area contributed by atoms with E-state index in [4.69, 9.17) is 10.00 Å². The van der Waals surface area contributed by atoms with E-state index >= 15 is 0 Å². The van der Waals surface area contributed by atoms with E-state index in [0.29, 0.717) is 17.5 Å². The Morgan fingerprint density at radius 1 is 1.42 bits per heavy atom. The van der Waals surface area contributed by atoms with Crippen molar-refractivity contribution in [2.75, 3.05) is 20.3 Å². The highest BCUT2D eigenvalue weighted by Crippen LogP contribution is 2.48. The van der Waals surface area contributed by atoms with Crippen LogP contribution in [0, 0.1) is 22.6 Å². The maximum absolute atomic E-state index is 13.3. The summed E-state index contributed by atoms with van der Waals surface area (Å²) in [5.74, 6) is -0.351. The molecule has 1 N–H and O–H groups in total. The second-order valence-corrected chi connectivity index (χ2v) is 5.31. The number of halogens is 1. The molecule has 0 aliphatic heterocycles. The molecule has 1 aliphatic carbocycles. The first-order chi connectivity index (χ1) is 9.17. The van der Waals surface area contributed by atoms with Gasteiger partial charge in [0.15, 0.2) is 0 Å². The lowest BCUT2D eigenvalue weighted by Crippen LogP contribution is -2.24. The molecule has 1 fully saturated rings. The summed E-state index contributed by atoms with van der Waals surface area (Å²) in [4.78, 5) is 0. The second-order valence-electron chi connectivity index (χ2n) is 5.31. The Balaban J connectivity index is 1.83. The zero-order valence-corrected chi connectivity index (χ0v) is 11.2. The number of hydrogen-bond acceptors (Lipinski definition) is 3. The van der Waals surface area contributed by atoms with Crippen LogP contribution in [0.2, 0.25) is 0 Å². The van der Waals surface area contributed by atoms with Gasteiger partial charge in [0.05, 0.1) is 11.6 Å². The third-order valence-corrected chi connectivity index (χ3v) is 3.71. The SMILES string of the molecule is COCCC1(CNCc2cc(F)cc(C#N)c2)CC1. The number of benzene rings is 1. The Morgan fingerprint density at radius 3 is 2.84 bits per heavy atom. The number of nitriles is 1. The van der Waals surface area contributed by atoms with Crippen molar-refractivity contribution >= 4 is 0 Å². The Bertz CT molecular complexity index is 478. The number of methoxy groups -OCH3 is 1. The smallest absolute Gasteiger partial charge is 0.124 e. The topological polar surface area (TPSA) is 45.0 Å². The third-order valence-electron chi connectivity index (χ3n) is 3.71. The van der Waals surface area contributed by atoms with Gasteiger partial charge >= 0.3 is 0 Å². The lowest BCUT2D eigenvalue weighted by molar-refractivity contribution is 0.171. The first-order valence-electron chi connectivity index (χ1n) is 6.57. The lowest BCUT2D eigenvalue weighted by atomic mass is 10.0. The fraction of sp³-hybridized carbons (Fsp3) is 0.533. The van der Waals surface area contributed by atoms with Crippen molar-refractivity contribution in [1.82, 2.24) is 5.32 Å². The van der Waals surface area contributed by atoms with Crippen LogP contribution >= 0.6 is 0 Å². The van der Waals surface area contributed by atoms with E-state index in [-0.39, 0.29) is 5.82 Å². The molecule has 0 heterocycles. The van der Waals surface area contributed by atoms with Crippen molar-refractivity contribution in [3.63, 3.8) is 0 Å². The molecular formula is C15H19FN2O. The highest BCUT2D eigenvalue weighted by atomic mass is 19.1. The van der Waals surface area contributed by atoms with Gasteiger partial charge in [0, 0.05) is 26.8 Å². The minimum Gasteiger partial charge on any atom is -0.385 e. The van der Waals surface area contributed by atoms with Gasteiger partial charge in [-0.2, -0.15) is 5.26 Å². The van der Waals surface area contributed by atoms with Gasteiger partial charge in [-0.1, -0.05) is 0 Å². The number of nitrogens with one attached hydrogen (secondary N) is 1. The average molecular weight is 262 g/mol. The van der Waals surface area contributed by atoms with Crippen LogP contribution in [0.5, 0.6) is 0 Å². The van der Waals surface area contributed by atoms with Crippen LogP contribution < -0.4 is 5.32 Å². The predicted molar refractivity (Wildman–Crippen MR) is 71.0 cm³/mol. The van der Waals surface area contributed by atoms with Crippen LogP contribution in [0.15, 0.2) is 18.2 Å². The minimum atomic E-state index is -0.351. The van der Waals surface area contributed by atoms with Gasteiger partial charge in [0.1, 0.15) is 5.82 Å². The van der Waals surface area contributed by atoms with E-state index in [1.165, 1.54) is 25.0 Å². The quantitative estimate of drug-likeness (QED) is 0.821. The van der Waals surface area contributed by atoms with E-state index in [2.05, 4.69) is 5.32 Å². The standard InChI is InChI=1S/C15H19FN2O/c1-19-5-4-15(2-3-15)11-18-10-13-6-12(9-17)7-14(16)8-13/h6-8,18H,2-5,10-11H2,1H3. The highest BCUT2D eigenvalue weighted by molar-refractivity contribution is 5.33. The van der Waals surface area contributed by atoms with Crippen molar-refractivity contribution in [1.29, 1.82) is 5.26 Å². The number of ether oxygens (including phenoxy) is 1. The molecule has 0 aromatic heterocycles. The highest BCUT2D eigenvalue weighted by Gasteiger charge is 2.41. The van der Waals surface area contributed by atoms with Gasteiger partial charge < -0.3 is 10.1 Å². The van der Waals surface area contributed by atoms with Crippen LogP contribution in [0.4, 0.5) is 4.39 Å². The lowest BCUT2D eigenvalue weighted by Gasteiger charge is -2.15. The average Bonchev–Trinajstić information content (AvgIpc) is 3.16. The summed E-state index contributed by atoms with van der Waals surface area (Å²) in [7, 11) is 1.72. The van der Waals surface area contributed by atoms with Crippen LogP contribution in [-0.4, -0.2) is 20.3 Å². The molecule has 3 nitrogen and oxygen atoms in total. The maximum atomic E-state index is 13.3. The van der Waals surface area contributed by atoms with Crippen LogP contribution in [0.3, 0.4) is 0 Å². The van der Waals surface area contributed by atoms with Crippen molar-refractivity contribution in [3.05, 3.63) is 35.1 Å². The van der Waals surface area contributed by atoms with Gasteiger partial charge in [-0.3, -0.25) is 0 Å². The van der Waals surface area contributed by atoms with Gasteiger partial charge in [0.25, 0.3) is 0 Å². The van der Waals surface area contributed by atoms with Gasteiger partial charge in [-0.15, -0.1) is 0 Å². The largest absolute Gasteiger partial charge is 0.385 e. The zero-order chi connectivity index (χ0) is 13.7. The van der Waals surface area contributed by atoms with E-state index in [0.717, 1.165) is 25.1 Å². The summed E-state index contributed by atoms with van der Waals surface area (Å²) in [6.45, 7) is 2.32. The van der Waals surface area contributed by atoms with Crippen LogP contribution in [0.25, 0.3) is 0 Å². The predicted octanol–water partition coefficient (Wildman–Crippen LogP) is 2.60. The van der Waals surface area contributed by atoms with Crippen molar-refractivity contribution in [2.24, 2.45) is 5.41 Å². The Labute approximate surface area is 113 Å². The minimum absolute atomic E-state index is 0.351. The Kier molecular flexibility index (Phi) is 4.52. The molecule has 2 rings (SSSR count). The van der Waals surface area contributed by atoms with Crippen LogP contribution in [0.1, 0.15) is 30.4 Å². The Morgan fingerprint density at radius 2 is 2.21 bits per heavy atom. The van der Waals surface area contributed by atoms with E-state index in [9.17, 15) is 4.39 Å². The summed E-state index contributed by atoms with van der Waals surface area (Å²) in [5, 5.41) is 12.2. The molecule has 0 atom stereocenters. The molecule has 0 radical (unpaired) electrons. The maximum Gasteiger partial charge on any atom is 0.124 e. The molecule has 1 aromatic rings. The molecule has 19 heavy (non-hydrogen) atoms. The second kappa shape index (κ2) is 6.14. The first kappa shape index (κ1) is 14.0. The van der Waals surface area contributed by atoms with Crippen LogP contribution in [-0.2, 0) is 11.3 Å². The summed E-state index contributed by atoms with van der Waals surface area (Å²) >= 11 is 0. The van der Waals surface area contributed by atoms with Gasteiger partial charge in [0.2, 0.25) is 0 Å². The molecule has 1 aromatic carbocycles. The number of rotatable bonds is 7. The normalized spacial score (nSPS) is 16.1. The molecule has 0 unspecified atom stereocenters. The molecule has 0 saturated heterocycles. The fourth-order valence-corrected chi connectivity index (χ4v) is 2.30. The summed E-state index contributed by atoms with van der Waals surface area (Å²) in [5.41, 5.74) is 1.57. The number of nitrogens with zero attached hydrogens (tertiary/aromatic N) is 1. The summed E-state index contributed by atoms with van der Waals surface area (Å²) in [6.07, 6.45) is 3.54.